The summed E-state index contributed by atoms with van der Waals surface area (Å²) in [6, 6.07) is 6.59. The summed E-state index contributed by atoms with van der Waals surface area (Å²) in [6.45, 7) is 0. The fourth-order valence-corrected chi connectivity index (χ4v) is 1.37. The van der Waals surface area contributed by atoms with Gasteiger partial charge < -0.3 is 5.11 Å². The van der Waals surface area contributed by atoms with E-state index >= 15 is 0 Å². The summed E-state index contributed by atoms with van der Waals surface area (Å²) in [4.78, 5) is 1.78. The molecule has 3 nitrogen and oxygen atoms in total. The molecule has 0 bridgehead atoms. The molecule has 0 aliphatic heterocycles. The van der Waals surface area contributed by atoms with Crippen molar-refractivity contribution in [1.29, 1.82) is 5.26 Å². The van der Waals surface area contributed by atoms with E-state index in [1.807, 2.05) is 14.1 Å². The first-order valence-corrected chi connectivity index (χ1v) is 4.48. The Kier molecular flexibility index (Phi) is 3.34. The van der Waals surface area contributed by atoms with Crippen LogP contribution in [-0.4, -0.2) is 24.1 Å². The zero-order valence-corrected chi connectivity index (χ0v) is 8.78. The van der Waals surface area contributed by atoms with Crippen LogP contribution in [-0.2, 0) is 0 Å². The van der Waals surface area contributed by atoms with E-state index in [2.05, 4.69) is 6.07 Å². The predicted molar refractivity (Wildman–Crippen MR) is 55.2 cm³/mol. The summed E-state index contributed by atoms with van der Waals surface area (Å²) in [5.41, 5.74) is 0.778. The minimum Gasteiger partial charge on any atom is -0.506 e. The van der Waals surface area contributed by atoms with E-state index in [-0.39, 0.29) is 16.8 Å². The van der Waals surface area contributed by atoms with Crippen molar-refractivity contribution in [2.24, 2.45) is 0 Å². The van der Waals surface area contributed by atoms with Crippen LogP contribution in [0.25, 0.3) is 0 Å². The minimum absolute atomic E-state index is 0.0332. The lowest BCUT2D eigenvalue weighted by Gasteiger charge is -2.17. The Bertz CT molecular complexity index is 371. The molecule has 1 N–H and O–H groups in total. The molecule has 0 aromatic heterocycles. The number of nitriles is 1. The van der Waals surface area contributed by atoms with E-state index in [0.717, 1.165) is 5.56 Å². The third kappa shape index (κ3) is 2.16. The van der Waals surface area contributed by atoms with Gasteiger partial charge in [-0.15, -0.1) is 0 Å². The molecule has 1 aromatic carbocycles. The van der Waals surface area contributed by atoms with Crippen LogP contribution in [0.3, 0.4) is 0 Å². The van der Waals surface area contributed by atoms with Gasteiger partial charge in [0.1, 0.15) is 11.8 Å². The van der Waals surface area contributed by atoms with E-state index in [1.165, 1.54) is 6.07 Å². The van der Waals surface area contributed by atoms with Crippen molar-refractivity contribution in [2.45, 2.75) is 6.04 Å². The maximum atomic E-state index is 9.21. The molecule has 1 atom stereocenters. The van der Waals surface area contributed by atoms with Gasteiger partial charge in [0.2, 0.25) is 0 Å². The van der Waals surface area contributed by atoms with Crippen LogP contribution in [0.15, 0.2) is 18.2 Å². The normalized spacial score (nSPS) is 12.5. The van der Waals surface area contributed by atoms with Crippen molar-refractivity contribution >= 4 is 11.6 Å². The quantitative estimate of drug-likeness (QED) is 0.814. The van der Waals surface area contributed by atoms with E-state index in [0.29, 0.717) is 0 Å². The molecule has 1 rings (SSSR count). The third-order valence-corrected chi connectivity index (χ3v) is 2.23. The van der Waals surface area contributed by atoms with Gasteiger partial charge in [-0.1, -0.05) is 17.7 Å². The van der Waals surface area contributed by atoms with Crippen LogP contribution in [0.2, 0.25) is 5.02 Å². The van der Waals surface area contributed by atoms with Gasteiger partial charge in [-0.2, -0.15) is 5.26 Å². The van der Waals surface area contributed by atoms with Crippen LogP contribution in [0.4, 0.5) is 0 Å². The predicted octanol–water partition coefficient (Wildman–Crippen LogP) is 2.17. The molecule has 0 aliphatic rings. The Morgan fingerprint density at radius 3 is 2.57 bits per heavy atom. The second kappa shape index (κ2) is 4.32. The largest absolute Gasteiger partial charge is 0.506 e. The van der Waals surface area contributed by atoms with Crippen LogP contribution in [0.5, 0.6) is 5.75 Å². The molecule has 0 saturated carbocycles. The minimum atomic E-state index is -0.340. The van der Waals surface area contributed by atoms with E-state index in [1.54, 1.807) is 17.0 Å². The molecule has 0 amide bonds. The Morgan fingerprint density at radius 1 is 1.50 bits per heavy atom. The zero-order chi connectivity index (χ0) is 10.7. The summed E-state index contributed by atoms with van der Waals surface area (Å²) >= 11 is 5.74. The fraction of sp³-hybridized carbons (Fsp3) is 0.300. The molecule has 74 valence electrons. The van der Waals surface area contributed by atoms with Crippen LogP contribution >= 0.6 is 11.6 Å². The Morgan fingerprint density at radius 2 is 2.14 bits per heavy atom. The Hall–Kier alpha value is -1.24. The SMILES string of the molecule is CN(C)C(C#N)c1ccc(O)c(Cl)c1. The number of aromatic hydroxyl groups is 1. The second-order valence-electron chi connectivity index (χ2n) is 3.21. The number of rotatable bonds is 2. The molecule has 0 aliphatic carbocycles. The average molecular weight is 211 g/mol. The number of benzene rings is 1. The first kappa shape index (κ1) is 10.8. The van der Waals surface area contributed by atoms with E-state index in [4.69, 9.17) is 16.9 Å². The highest BCUT2D eigenvalue weighted by molar-refractivity contribution is 6.32. The second-order valence-corrected chi connectivity index (χ2v) is 3.61. The van der Waals surface area contributed by atoms with Gasteiger partial charge in [-0.25, -0.2) is 0 Å². The summed E-state index contributed by atoms with van der Waals surface area (Å²) in [5.74, 6) is 0.0332. The average Bonchev–Trinajstić information content (AvgIpc) is 2.11. The molecule has 0 heterocycles. The number of hydrogen-bond acceptors (Lipinski definition) is 3. The molecular weight excluding hydrogens is 200 g/mol. The maximum absolute atomic E-state index is 9.21. The maximum Gasteiger partial charge on any atom is 0.134 e. The van der Waals surface area contributed by atoms with Gasteiger partial charge in [0.25, 0.3) is 0 Å². The van der Waals surface area contributed by atoms with Crippen molar-refractivity contribution in [3.63, 3.8) is 0 Å². The third-order valence-electron chi connectivity index (χ3n) is 1.93. The van der Waals surface area contributed by atoms with Crippen molar-refractivity contribution in [2.75, 3.05) is 14.1 Å². The van der Waals surface area contributed by atoms with Gasteiger partial charge in [0.05, 0.1) is 11.1 Å². The van der Waals surface area contributed by atoms with Crippen LogP contribution in [0, 0.1) is 11.3 Å². The number of halogens is 1. The topological polar surface area (TPSA) is 47.3 Å². The standard InChI is InChI=1S/C10H11ClN2O/c1-13(2)9(6-12)7-3-4-10(14)8(11)5-7/h3-5,9,14H,1-2H3. The van der Waals surface area contributed by atoms with Crippen molar-refractivity contribution in [3.8, 4) is 11.8 Å². The molecule has 1 aromatic rings. The van der Waals surface area contributed by atoms with Crippen molar-refractivity contribution < 1.29 is 5.11 Å². The van der Waals surface area contributed by atoms with Gasteiger partial charge in [0, 0.05) is 0 Å². The van der Waals surface area contributed by atoms with Crippen LogP contribution in [0.1, 0.15) is 11.6 Å². The molecule has 1 unspecified atom stereocenters. The molecule has 14 heavy (non-hydrogen) atoms. The smallest absolute Gasteiger partial charge is 0.134 e. The molecule has 0 spiro atoms. The highest BCUT2D eigenvalue weighted by Crippen LogP contribution is 2.27. The van der Waals surface area contributed by atoms with Gasteiger partial charge in [-0.05, 0) is 31.8 Å². The van der Waals surface area contributed by atoms with Crippen molar-refractivity contribution in [3.05, 3.63) is 28.8 Å². The van der Waals surface area contributed by atoms with E-state index in [9.17, 15) is 5.11 Å². The lowest BCUT2D eigenvalue weighted by molar-refractivity contribution is 0.358. The molecular formula is C10H11ClN2O. The van der Waals surface area contributed by atoms with E-state index < -0.39 is 0 Å². The number of phenols is 1. The number of hydrogen-bond donors (Lipinski definition) is 1. The Labute approximate surface area is 88.1 Å². The fourth-order valence-electron chi connectivity index (χ4n) is 1.18. The molecule has 0 saturated heterocycles. The van der Waals surface area contributed by atoms with Crippen molar-refractivity contribution in [1.82, 2.24) is 4.90 Å². The summed E-state index contributed by atoms with van der Waals surface area (Å²) in [7, 11) is 3.63. The first-order valence-electron chi connectivity index (χ1n) is 4.10. The molecule has 0 fully saturated rings. The Balaban J connectivity index is 3.08. The monoisotopic (exact) mass is 210 g/mol. The number of nitrogens with zero attached hydrogens (tertiary/aromatic N) is 2. The van der Waals surface area contributed by atoms with Gasteiger partial charge in [-0.3, -0.25) is 4.90 Å². The van der Waals surface area contributed by atoms with Gasteiger partial charge in [0.15, 0.2) is 0 Å². The molecule has 0 radical (unpaired) electrons. The zero-order valence-electron chi connectivity index (χ0n) is 8.03. The summed E-state index contributed by atoms with van der Waals surface area (Å²) in [6.07, 6.45) is 0. The highest BCUT2D eigenvalue weighted by Gasteiger charge is 2.13. The first-order chi connectivity index (χ1) is 6.56. The van der Waals surface area contributed by atoms with Crippen LogP contribution < -0.4 is 0 Å². The van der Waals surface area contributed by atoms with Gasteiger partial charge >= 0.3 is 0 Å². The molecule has 4 heteroatoms. The highest BCUT2D eigenvalue weighted by atomic mass is 35.5. The lowest BCUT2D eigenvalue weighted by atomic mass is 10.1. The summed E-state index contributed by atoms with van der Waals surface area (Å²) < 4.78 is 0. The summed E-state index contributed by atoms with van der Waals surface area (Å²) in [5, 5.41) is 18.4. The number of phenolic OH excluding ortho intramolecular Hbond substituents is 1. The lowest BCUT2D eigenvalue weighted by Crippen LogP contribution is -2.18.